The van der Waals surface area contributed by atoms with Gasteiger partial charge in [0.05, 0.1) is 25.0 Å². The van der Waals surface area contributed by atoms with Gasteiger partial charge < -0.3 is 19.5 Å². The number of thiocarbonyl (C=S) groups is 1. The average Bonchev–Trinajstić information content (AvgIpc) is 2.74. The van der Waals surface area contributed by atoms with Crippen LogP contribution < -0.4 is 25.0 Å². The predicted octanol–water partition coefficient (Wildman–Crippen LogP) is 3.91. The Balaban J connectivity index is 2.07. The molecule has 0 bridgehead atoms. The van der Waals surface area contributed by atoms with Crippen LogP contribution in [0.4, 0.5) is 0 Å². The van der Waals surface area contributed by atoms with Gasteiger partial charge in [0.2, 0.25) is 0 Å². The minimum absolute atomic E-state index is 0.335. The van der Waals surface area contributed by atoms with E-state index in [9.17, 15) is 4.79 Å². The van der Waals surface area contributed by atoms with E-state index in [-0.39, 0.29) is 0 Å². The molecule has 2 N–H and O–H groups in total. The molecule has 0 aromatic heterocycles. The van der Waals surface area contributed by atoms with Gasteiger partial charge in [0, 0.05) is 6.54 Å². The molecule has 2 aromatic carbocycles. The van der Waals surface area contributed by atoms with Crippen molar-refractivity contribution in [2.24, 2.45) is 5.10 Å². The normalized spacial score (nSPS) is 10.5. The molecule has 0 heterocycles. The number of hydrogen-bond donors (Lipinski definition) is 2. The molecule has 0 saturated heterocycles. The molecule has 0 amide bonds. The number of hydrazone groups is 1. The Kier molecular flexibility index (Phi) is 9.60. The molecule has 0 radical (unpaired) electrons. The highest BCUT2D eigenvalue weighted by molar-refractivity contribution is 7.80. The molecule has 0 aliphatic rings. The first kappa shape index (κ1) is 23.2. The standard InChI is InChI=1S/C22H27N3O4S/c1-4-13-28-18-10-8-17(9-11-18)21(26)29-19-12-7-16(14-20(19)27-6-3)15-24-25-22(30)23-5-2/h7-12,14-15H,4-6,13H2,1-3H3,(H2,23,25,30). The monoisotopic (exact) mass is 429 g/mol. The lowest BCUT2D eigenvalue weighted by molar-refractivity contribution is 0.0728. The summed E-state index contributed by atoms with van der Waals surface area (Å²) in [7, 11) is 0. The summed E-state index contributed by atoms with van der Waals surface area (Å²) in [6.07, 6.45) is 2.52. The predicted molar refractivity (Wildman–Crippen MR) is 122 cm³/mol. The topological polar surface area (TPSA) is 81.2 Å². The van der Waals surface area contributed by atoms with E-state index in [0.717, 1.165) is 12.0 Å². The number of ether oxygens (including phenoxy) is 3. The highest BCUT2D eigenvalue weighted by Gasteiger charge is 2.13. The molecule has 0 aliphatic heterocycles. The molecule has 0 spiro atoms. The fraction of sp³-hybridized carbons (Fsp3) is 0.318. The molecule has 30 heavy (non-hydrogen) atoms. The molecule has 2 rings (SSSR count). The fourth-order valence-corrected chi connectivity index (χ4v) is 2.59. The van der Waals surface area contributed by atoms with E-state index in [4.69, 9.17) is 26.4 Å². The zero-order chi connectivity index (χ0) is 21.8. The molecule has 2 aromatic rings. The molecule has 0 atom stereocenters. The van der Waals surface area contributed by atoms with Crippen molar-refractivity contribution in [3.8, 4) is 17.2 Å². The van der Waals surface area contributed by atoms with Crippen molar-refractivity contribution in [1.29, 1.82) is 0 Å². The van der Waals surface area contributed by atoms with Crippen molar-refractivity contribution in [2.75, 3.05) is 19.8 Å². The van der Waals surface area contributed by atoms with Crippen molar-refractivity contribution in [3.05, 3.63) is 53.6 Å². The van der Waals surface area contributed by atoms with E-state index in [2.05, 4.69) is 15.8 Å². The maximum atomic E-state index is 12.5. The van der Waals surface area contributed by atoms with Crippen LogP contribution in [0.3, 0.4) is 0 Å². The first-order valence-corrected chi connectivity index (χ1v) is 10.3. The summed E-state index contributed by atoms with van der Waals surface area (Å²) in [5.41, 5.74) is 3.91. The third-order valence-corrected chi connectivity index (χ3v) is 3.99. The van der Waals surface area contributed by atoms with Gasteiger partial charge in [0.15, 0.2) is 16.6 Å². The van der Waals surface area contributed by atoms with Crippen molar-refractivity contribution < 1.29 is 19.0 Å². The lowest BCUT2D eigenvalue weighted by atomic mass is 10.2. The minimum Gasteiger partial charge on any atom is -0.494 e. The summed E-state index contributed by atoms with van der Waals surface area (Å²) in [5.74, 6) is 1.03. The Morgan fingerprint density at radius 1 is 1.07 bits per heavy atom. The Labute approximate surface area is 182 Å². The zero-order valence-corrected chi connectivity index (χ0v) is 18.3. The molecule has 0 unspecified atom stereocenters. The number of esters is 1. The van der Waals surface area contributed by atoms with E-state index in [1.165, 1.54) is 0 Å². The van der Waals surface area contributed by atoms with E-state index in [1.807, 2.05) is 20.8 Å². The van der Waals surface area contributed by atoms with Crippen LogP contribution in [0, 0.1) is 0 Å². The van der Waals surface area contributed by atoms with Gasteiger partial charge in [0.25, 0.3) is 0 Å². The van der Waals surface area contributed by atoms with E-state index >= 15 is 0 Å². The summed E-state index contributed by atoms with van der Waals surface area (Å²) in [6.45, 7) is 7.61. The second-order valence-electron chi connectivity index (χ2n) is 6.13. The van der Waals surface area contributed by atoms with Gasteiger partial charge in [-0.15, -0.1) is 0 Å². The maximum absolute atomic E-state index is 12.5. The molecule has 8 heteroatoms. The van der Waals surface area contributed by atoms with Gasteiger partial charge in [-0.2, -0.15) is 5.10 Å². The number of hydrogen-bond acceptors (Lipinski definition) is 6. The number of carbonyl (C=O) groups excluding carboxylic acids is 1. The van der Waals surface area contributed by atoms with Crippen molar-refractivity contribution in [3.63, 3.8) is 0 Å². The van der Waals surface area contributed by atoms with Gasteiger partial charge in [-0.1, -0.05) is 6.92 Å². The summed E-state index contributed by atoms with van der Waals surface area (Å²) in [5, 5.41) is 7.46. The van der Waals surface area contributed by atoms with Crippen molar-refractivity contribution in [2.45, 2.75) is 27.2 Å². The number of carbonyl (C=O) groups is 1. The zero-order valence-electron chi connectivity index (χ0n) is 17.4. The lowest BCUT2D eigenvalue weighted by Gasteiger charge is -2.12. The van der Waals surface area contributed by atoms with Gasteiger partial charge in [-0.05, 0) is 80.5 Å². The average molecular weight is 430 g/mol. The highest BCUT2D eigenvalue weighted by Crippen LogP contribution is 2.29. The Morgan fingerprint density at radius 2 is 1.83 bits per heavy atom. The molecule has 160 valence electrons. The fourth-order valence-electron chi connectivity index (χ4n) is 2.39. The molecule has 0 aliphatic carbocycles. The summed E-state index contributed by atoms with van der Waals surface area (Å²) in [6, 6.07) is 12.0. The van der Waals surface area contributed by atoms with Crippen molar-refractivity contribution >= 4 is 29.5 Å². The minimum atomic E-state index is -0.475. The van der Waals surface area contributed by atoms with Gasteiger partial charge >= 0.3 is 5.97 Å². The Morgan fingerprint density at radius 3 is 2.50 bits per heavy atom. The highest BCUT2D eigenvalue weighted by atomic mass is 32.1. The molecular formula is C22H27N3O4S. The van der Waals surface area contributed by atoms with E-state index in [0.29, 0.717) is 47.7 Å². The van der Waals surface area contributed by atoms with Crippen LogP contribution in [0.2, 0.25) is 0 Å². The van der Waals surface area contributed by atoms with Crippen LogP contribution in [0.25, 0.3) is 0 Å². The first-order chi connectivity index (χ1) is 14.6. The summed E-state index contributed by atoms with van der Waals surface area (Å²) < 4.78 is 16.7. The summed E-state index contributed by atoms with van der Waals surface area (Å²) >= 11 is 5.05. The van der Waals surface area contributed by atoms with Gasteiger partial charge in [-0.25, -0.2) is 4.79 Å². The summed E-state index contributed by atoms with van der Waals surface area (Å²) in [4.78, 5) is 12.5. The van der Waals surface area contributed by atoms with E-state index in [1.54, 1.807) is 48.7 Å². The SMILES string of the molecule is CCCOc1ccc(C(=O)Oc2ccc(C=NNC(=S)NCC)cc2OCC)cc1. The van der Waals surface area contributed by atoms with Gasteiger partial charge in [-0.3, -0.25) is 5.43 Å². The number of benzene rings is 2. The third-order valence-electron chi connectivity index (χ3n) is 3.75. The smallest absolute Gasteiger partial charge is 0.343 e. The van der Waals surface area contributed by atoms with Crippen LogP contribution in [-0.4, -0.2) is 37.1 Å². The molecule has 0 fully saturated rings. The first-order valence-electron chi connectivity index (χ1n) is 9.86. The Hall–Kier alpha value is -3.13. The van der Waals surface area contributed by atoms with Crippen LogP contribution in [-0.2, 0) is 0 Å². The Bertz CT molecular complexity index is 869. The number of nitrogens with one attached hydrogen (secondary N) is 2. The molecule has 0 saturated carbocycles. The van der Waals surface area contributed by atoms with Crippen LogP contribution in [0.1, 0.15) is 43.1 Å². The quantitative estimate of drug-likeness (QED) is 0.195. The van der Waals surface area contributed by atoms with Gasteiger partial charge in [0.1, 0.15) is 5.75 Å². The third kappa shape index (κ3) is 7.36. The lowest BCUT2D eigenvalue weighted by Crippen LogP contribution is -2.31. The van der Waals surface area contributed by atoms with Crippen LogP contribution in [0.5, 0.6) is 17.2 Å². The largest absolute Gasteiger partial charge is 0.494 e. The second-order valence-corrected chi connectivity index (χ2v) is 6.54. The number of rotatable bonds is 10. The van der Waals surface area contributed by atoms with Crippen LogP contribution in [0.15, 0.2) is 47.6 Å². The molecule has 7 nitrogen and oxygen atoms in total. The maximum Gasteiger partial charge on any atom is 0.343 e. The van der Waals surface area contributed by atoms with Crippen LogP contribution >= 0.6 is 12.2 Å². The van der Waals surface area contributed by atoms with Crippen molar-refractivity contribution in [1.82, 2.24) is 10.7 Å². The second kappa shape index (κ2) is 12.4. The number of nitrogens with zero attached hydrogens (tertiary/aromatic N) is 1. The van der Waals surface area contributed by atoms with E-state index < -0.39 is 5.97 Å². The molecular weight excluding hydrogens is 402 g/mol.